The van der Waals surface area contributed by atoms with Gasteiger partial charge in [-0.15, -0.1) is 0 Å². The Morgan fingerprint density at radius 1 is 1.14 bits per heavy atom. The third-order valence-corrected chi connectivity index (χ3v) is 3.61. The highest BCUT2D eigenvalue weighted by Crippen LogP contribution is 2.12. The van der Waals surface area contributed by atoms with Gasteiger partial charge in [-0.25, -0.2) is 9.78 Å². The SMILES string of the molecule is O=C(OCc1nc2ccccc2c(=O)[nH]1)c1ccc(Br)cc1. The molecule has 6 heteroatoms. The van der Waals surface area contributed by atoms with E-state index in [1.807, 2.05) is 0 Å². The van der Waals surface area contributed by atoms with Gasteiger partial charge in [0.1, 0.15) is 12.4 Å². The van der Waals surface area contributed by atoms with E-state index >= 15 is 0 Å². The molecule has 1 N–H and O–H groups in total. The summed E-state index contributed by atoms with van der Waals surface area (Å²) in [5, 5.41) is 0.505. The first-order valence-corrected chi connectivity index (χ1v) is 7.33. The fourth-order valence-electron chi connectivity index (χ4n) is 2.01. The van der Waals surface area contributed by atoms with Crippen LogP contribution in [-0.2, 0) is 11.3 Å². The van der Waals surface area contributed by atoms with Crippen LogP contribution in [0.25, 0.3) is 10.9 Å². The minimum absolute atomic E-state index is 0.0883. The summed E-state index contributed by atoms with van der Waals surface area (Å²) in [7, 11) is 0. The number of esters is 1. The Bertz CT molecular complexity index is 888. The van der Waals surface area contributed by atoms with Crippen LogP contribution in [0.2, 0.25) is 0 Å². The molecule has 0 unspecified atom stereocenters. The first-order chi connectivity index (χ1) is 10.6. The van der Waals surface area contributed by atoms with Gasteiger partial charge in [-0.2, -0.15) is 0 Å². The van der Waals surface area contributed by atoms with Gasteiger partial charge < -0.3 is 9.72 Å². The molecule has 0 radical (unpaired) electrons. The Morgan fingerprint density at radius 3 is 2.64 bits per heavy atom. The molecule has 110 valence electrons. The predicted molar refractivity (Wildman–Crippen MR) is 85.6 cm³/mol. The highest BCUT2D eigenvalue weighted by atomic mass is 79.9. The van der Waals surface area contributed by atoms with E-state index in [2.05, 4.69) is 25.9 Å². The second-order valence-electron chi connectivity index (χ2n) is 4.61. The first-order valence-electron chi connectivity index (χ1n) is 6.54. The van der Waals surface area contributed by atoms with E-state index in [0.717, 1.165) is 4.47 Å². The molecule has 0 aliphatic heterocycles. The van der Waals surface area contributed by atoms with Crippen molar-refractivity contribution in [3.05, 3.63) is 74.7 Å². The highest BCUT2D eigenvalue weighted by Gasteiger charge is 2.09. The number of hydrogen-bond donors (Lipinski definition) is 1. The molecule has 3 rings (SSSR count). The maximum absolute atomic E-state index is 11.9. The summed E-state index contributed by atoms with van der Waals surface area (Å²) in [6.45, 7) is -0.0883. The van der Waals surface area contributed by atoms with Gasteiger partial charge in [0, 0.05) is 4.47 Å². The van der Waals surface area contributed by atoms with Crippen LogP contribution in [0, 0.1) is 0 Å². The van der Waals surface area contributed by atoms with Gasteiger partial charge in [-0.3, -0.25) is 4.79 Å². The van der Waals surface area contributed by atoms with Crippen LogP contribution in [0.15, 0.2) is 57.8 Å². The van der Waals surface area contributed by atoms with Crippen LogP contribution in [-0.4, -0.2) is 15.9 Å². The molecular weight excluding hydrogens is 348 g/mol. The molecular formula is C16H11BrN2O3. The van der Waals surface area contributed by atoms with E-state index in [4.69, 9.17) is 4.74 Å². The summed E-state index contributed by atoms with van der Waals surface area (Å²) in [6.07, 6.45) is 0. The first kappa shape index (κ1) is 14.5. The van der Waals surface area contributed by atoms with Gasteiger partial charge in [0.15, 0.2) is 0 Å². The van der Waals surface area contributed by atoms with E-state index in [1.54, 1.807) is 48.5 Å². The minimum Gasteiger partial charge on any atom is -0.454 e. The number of nitrogens with one attached hydrogen (secondary N) is 1. The Kier molecular flexibility index (Phi) is 4.02. The van der Waals surface area contributed by atoms with Gasteiger partial charge in [0.05, 0.1) is 16.5 Å². The second-order valence-corrected chi connectivity index (χ2v) is 5.53. The summed E-state index contributed by atoms with van der Waals surface area (Å²) in [4.78, 5) is 30.7. The molecule has 0 spiro atoms. The minimum atomic E-state index is -0.469. The number of para-hydroxylation sites is 1. The van der Waals surface area contributed by atoms with E-state index in [-0.39, 0.29) is 12.2 Å². The Balaban J connectivity index is 1.77. The Hall–Kier alpha value is -2.47. The fraction of sp³-hybridized carbons (Fsp3) is 0.0625. The summed E-state index contributed by atoms with van der Waals surface area (Å²) in [5.74, 6) is -0.155. The largest absolute Gasteiger partial charge is 0.454 e. The van der Waals surface area contributed by atoms with Crippen LogP contribution in [0.5, 0.6) is 0 Å². The fourth-order valence-corrected chi connectivity index (χ4v) is 2.27. The summed E-state index contributed by atoms with van der Waals surface area (Å²) < 4.78 is 6.05. The molecule has 0 aliphatic rings. The highest BCUT2D eigenvalue weighted by molar-refractivity contribution is 9.10. The standard InChI is InChI=1S/C16H11BrN2O3/c17-11-7-5-10(6-8-11)16(21)22-9-14-18-13-4-2-1-3-12(13)15(20)19-14/h1-8H,9H2,(H,18,19,20). The molecule has 5 nitrogen and oxygen atoms in total. The zero-order valence-corrected chi connectivity index (χ0v) is 13.0. The lowest BCUT2D eigenvalue weighted by molar-refractivity contribution is 0.0462. The van der Waals surface area contributed by atoms with Crippen molar-refractivity contribution >= 4 is 32.8 Å². The Labute approximate surface area is 134 Å². The smallest absolute Gasteiger partial charge is 0.338 e. The van der Waals surface area contributed by atoms with Crippen molar-refractivity contribution in [1.82, 2.24) is 9.97 Å². The van der Waals surface area contributed by atoms with Gasteiger partial charge >= 0.3 is 5.97 Å². The molecule has 0 bridgehead atoms. The summed E-state index contributed by atoms with van der Waals surface area (Å²) >= 11 is 3.30. The zero-order chi connectivity index (χ0) is 15.5. The number of rotatable bonds is 3. The van der Waals surface area contributed by atoms with Crippen LogP contribution < -0.4 is 5.56 Å². The third-order valence-electron chi connectivity index (χ3n) is 3.08. The van der Waals surface area contributed by atoms with Gasteiger partial charge in [0.2, 0.25) is 0 Å². The number of hydrogen-bond acceptors (Lipinski definition) is 4. The Morgan fingerprint density at radius 2 is 1.86 bits per heavy atom. The van der Waals surface area contributed by atoms with E-state index < -0.39 is 5.97 Å². The number of H-pyrrole nitrogens is 1. The molecule has 0 saturated carbocycles. The number of nitrogens with zero attached hydrogens (tertiary/aromatic N) is 1. The van der Waals surface area contributed by atoms with E-state index in [9.17, 15) is 9.59 Å². The molecule has 0 fully saturated rings. The van der Waals surface area contributed by atoms with Gasteiger partial charge in [0.25, 0.3) is 5.56 Å². The molecule has 0 saturated heterocycles. The lowest BCUT2D eigenvalue weighted by Gasteiger charge is -2.05. The predicted octanol–water partition coefficient (Wildman–Crippen LogP) is 3.04. The summed E-state index contributed by atoms with van der Waals surface area (Å²) in [5.41, 5.74) is 0.757. The molecule has 22 heavy (non-hydrogen) atoms. The van der Waals surface area contributed by atoms with Crippen molar-refractivity contribution in [3.8, 4) is 0 Å². The quantitative estimate of drug-likeness (QED) is 0.730. The lowest BCUT2D eigenvalue weighted by Crippen LogP contribution is -2.14. The van der Waals surface area contributed by atoms with Crippen LogP contribution in [0.3, 0.4) is 0 Å². The maximum Gasteiger partial charge on any atom is 0.338 e. The lowest BCUT2D eigenvalue weighted by atomic mass is 10.2. The molecule has 0 atom stereocenters. The van der Waals surface area contributed by atoms with E-state index in [0.29, 0.717) is 22.3 Å². The van der Waals surface area contributed by atoms with Crippen LogP contribution >= 0.6 is 15.9 Å². The topological polar surface area (TPSA) is 72.0 Å². The zero-order valence-electron chi connectivity index (χ0n) is 11.4. The number of carbonyl (C=O) groups is 1. The summed E-state index contributed by atoms with van der Waals surface area (Å²) in [6, 6.07) is 13.8. The number of aromatic nitrogens is 2. The van der Waals surface area contributed by atoms with Crippen molar-refractivity contribution in [3.63, 3.8) is 0 Å². The number of aromatic amines is 1. The van der Waals surface area contributed by atoms with Crippen LogP contribution in [0.1, 0.15) is 16.2 Å². The molecule has 1 heterocycles. The molecule has 0 amide bonds. The van der Waals surface area contributed by atoms with Crippen molar-refractivity contribution in [2.24, 2.45) is 0 Å². The average Bonchev–Trinajstić information content (AvgIpc) is 2.53. The number of halogens is 1. The monoisotopic (exact) mass is 358 g/mol. The second kappa shape index (κ2) is 6.11. The normalized spacial score (nSPS) is 10.6. The number of carbonyl (C=O) groups excluding carboxylic acids is 1. The maximum atomic E-state index is 11.9. The van der Waals surface area contributed by atoms with Crippen molar-refractivity contribution < 1.29 is 9.53 Å². The van der Waals surface area contributed by atoms with E-state index in [1.165, 1.54) is 0 Å². The van der Waals surface area contributed by atoms with Gasteiger partial charge in [-0.1, -0.05) is 28.1 Å². The number of benzene rings is 2. The number of fused-ring (bicyclic) bond motifs is 1. The molecule has 2 aromatic carbocycles. The van der Waals surface area contributed by atoms with Crippen molar-refractivity contribution in [1.29, 1.82) is 0 Å². The van der Waals surface area contributed by atoms with Crippen LogP contribution in [0.4, 0.5) is 0 Å². The molecule has 3 aromatic rings. The van der Waals surface area contributed by atoms with Crippen molar-refractivity contribution in [2.45, 2.75) is 6.61 Å². The molecule has 0 aliphatic carbocycles. The third kappa shape index (κ3) is 3.07. The van der Waals surface area contributed by atoms with Gasteiger partial charge in [-0.05, 0) is 36.4 Å². The molecule has 1 aromatic heterocycles. The van der Waals surface area contributed by atoms with Crippen molar-refractivity contribution in [2.75, 3.05) is 0 Å². The number of ether oxygens (including phenoxy) is 1. The average molecular weight is 359 g/mol.